The number of nitrogens with zero attached hydrogens (tertiary/aromatic N) is 2. The van der Waals surface area contributed by atoms with E-state index in [-0.39, 0.29) is 11.3 Å². The van der Waals surface area contributed by atoms with E-state index in [2.05, 4.69) is 11.1 Å². The molecule has 1 aliphatic heterocycles. The van der Waals surface area contributed by atoms with Gasteiger partial charge in [0.2, 0.25) is 0 Å². The van der Waals surface area contributed by atoms with E-state index < -0.39 is 17.7 Å². The molecule has 4 aromatic rings. The van der Waals surface area contributed by atoms with Gasteiger partial charge in [0.15, 0.2) is 5.13 Å². The highest BCUT2D eigenvalue weighted by molar-refractivity contribution is 7.14. The monoisotopic (exact) mass is 496 g/mol. The summed E-state index contributed by atoms with van der Waals surface area (Å²) in [4.78, 5) is 31.9. The summed E-state index contributed by atoms with van der Waals surface area (Å²) >= 11 is 1.26. The maximum Gasteiger partial charge on any atom is 0.301 e. The molecule has 7 heteroatoms. The van der Waals surface area contributed by atoms with Crippen LogP contribution in [0.4, 0.5) is 5.13 Å². The number of amides is 1. The lowest BCUT2D eigenvalue weighted by molar-refractivity contribution is -0.132. The molecule has 0 unspecified atom stereocenters. The number of carbonyl (C=O) groups is 2. The molecule has 5 rings (SSSR count). The number of hydrogen-bond acceptors (Lipinski definition) is 6. The van der Waals surface area contributed by atoms with E-state index in [0.29, 0.717) is 23.1 Å². The Kier molecular flexibility index (Phi) is 6.40. The minimum absolute atomic E-state index is 0.0347. The summed E-state index contributed by atoms with van der Waals surface area (Å²) in [6, 6.07) is 21.7. The Hall–Kier alpha value is -4.23. The topological polar surface area (TPSA) is 79.7 Å². The predicted octanol–water partition coefficient (Wildman–Crippen LogP) is 5.97. The number of thiazole rings is 1. The van der Waals surface area contributed by atoms with Gasteiger partial charge in [0.25, 0.3) is 5.78 Å². The van der Waals surface area contributed by atoms with E-state index in [1.807, 2.05) is 56.3 Å². The molecule has 1 amide bonds. The van der Waals surface area contributed by atoms with Crippen LogP contribution in [0.2, 0.25) is 0 Å². The van der Waals surface area contributed by atoms with Gasteiger partial charge in [-0.3, -0.25) is 14.5 Å². The average Bonchev–Trinajstić information content (AvgIpc) is 3.50. The molecule has 0 spiro atoms. The lowest BCUT2D eigenvalue weighted by Crippen LogP contribution is -2.29. The fourth-order valence-electron chi connectivity index (χ4n) is 4.26. The first kappa shape index (κ1) is 23.5. The summed E-state index contributed by atoms with van der Waals surface area (Å²) in [6.07, 6.45) is 1.58. The Balaban J connectivity index is 1.48. The van der Waals surface area contributed by atoms with Crippen molar-refractivity contribution in [3.05, 3.63) is 118 Å². The molecule has 36 heavy (non-hydrogen) atoms. The summed E-state index contributed by atoms with van der Waals surface area (Å²) in [6.45, 7) is 4.41. The van der Waals surface area contributed by atoms with E-state index in [4.69, 9.17) is 4.74 Å². The van der Waals surface area contributed by atoms with E-state index in [0.717, 1.165) is 22.3 Å². The second-order valence-electron chi connectivity index (χ2n) is 8.70. The lowest BCUT2D eigenvalue weighted by Gasteiger charge is -2.23. The molecule has 0 saturated carbocycles. The zero-order valence-electron chi connectivity index (χ0n) is 19.8. The first-order valence-corrected chi connectivity index (χ1v) is 12.4. The number of rotatable bonds is 6. The van der Waals surface area contributed by atoms with Gasteiger partial charge >= 0.3 is 5.91 Å². The van der Waals surface area contributed by atoms with Gasteiger partial charge in [-0.2, -0.15) is 0 Å². The van der Waals surface area contributed by atoms with Crippen LogP contribution in [0.25, 0.3) is 5.76 Å². The summed E-state index contributed by atoms with van der Waals surface area (Å²) in [7, 11) is 0. The van der Waals surface area contributed by atoms with Crippen LogP contribution in [-0.2, 0) is 16.2 Å². The van der Waals surface area contributed by atoms with Gasteiger partial charge in [-0.15, -0.1) is 11.3 Å². The van der Waals surface area contributed by atoms with Crippen molar-refractivity contribution in [2.24, 2.45) is 0 Å². The van der Waals surface area contributed by atoms with Crippen LogP contribution >= 0.6 is 11.3 Å². The first-order chi connectivity index (χ1) is 17.4. The van der Waals surface area contributed by atoms with Gasteiger partial charge in [-0.25, -0.2) is 4.98 Å². The molecule has 6 nitrogen and oxygen atoms in total. The van der Waals surface area contributed by atoms with Crippen LogP contribution in [0.3, 0.4) is 0 Å². The molecule has 1 atom stereocenters. The van der Waals surface area contributed by atoms with Gasteiger partial charge in [0.05, 0.1) is 11.6 Å². The Labute approximate surface area is 213 Å². The van der Waals surface area contributed by atoms with E-state index in [1.54, 1.807) is 35.8 Å². The maximum absolute atomic E-state index is 13.2. The zero-order valence-corrected chi connectivity index (χ0v) is 20.7. The zero-order chi connectivity index (χ0) is 25.2. The summed E-state index contributed by atoms with van der Waals surface area (Å²) in [5, 5.41) is 13.4. The Morgan fingerprint density at radius 3 is 2.42 bits per heavy atom. The quantitative estimate of drug-likeness (QED) is 0.202. The molecule has 0 aliphatic carbocycles. The molecule has 1 aromatic heterocycles. The second kappa shape index (κ2) is 9.79. The third kappa shape index (κ3) is 4.53. The number of hydrogen-bond donors (Lipinski definition) is 1. The highest BCUT2D eigenvalue weighted by atomic mass is 32.1. The van der Waals surface area contributed by atoms with Crippen LogP contribution in [0.5, 0.6) is 5.75 Å². The van der Waals surface area contributed by atoms with Crippen LogP contribution in [0.15, 0.2) is 89.9 Å². The number of anilines is 1. The number of benzene rings is 3. The number of ether oxygens (including phenoxy) is 1. The number of aromatic nitrogens is 1. The first-order valence-electron chi connectivity index (χ1n) is 11.5. The van der Waals surface area contributed by atoms with Crippen molar-refractivity contribution < 1.29 is 19.4 Å². The van der Waals surface area contributed by atoms with E-state index >= 15 is 0 Å². The number of carbonyl (C=O) groups excluding carboxylic acids is 2. The van der Waals surface area contributed by atoms with Crippen molar-refractivity contribution in [2.45, 2.75) is 26.5 Å². The summed E-state index contributed by atoms with van der Waals surface area (Å²) in [5.74, 6) is -1.06. The molecule has 180 valence electrons. The SMILES string of the molecule is Cc1ccc([C@H]2/C(=C(\O)c3ccc(OCc4cccc(C)c4)cc3)C(=O)C(=O)N2c2nccs2)cc1. The van der Waals surface area contributed by atoms with Gasteiger partial charge in [0.1, 0.15) is 18.1 Å². The molecule has 1 saturated heterocycles. The summed E-state index contributed by atoms with van der Waals surface area (Å²) in [5.41, 5.74) is 4.44. The average molecular weight is 497 g/mol. The molecule has 1 N–H and O–H groups in total. The second-order valence-corrected chi connectivity index (χ2v) is 9.57. The van der Waals surface area contributed by atoms with Crippen LogP contribution < -0.4 is 9.64 Å². The van der Waals surface area contributed by atoms with Gasteiger partial charge in [0, 0.05) is 17.1 Å². The maximum atomic E-state index is 13.2. The molecule has 0 radical (unpaired) electrons. The van der Waals surface area contributed by atoms with Crippen molar-refractivity contribution in [3.8, 4) is 5.75 Å². The molecule has 1 aliphatic rings. The molecule has 0 bridgehead atoms. The summed E-state index contributed by atoms with van der Waals surface area (Å²) < 4.78 is 5.88. The molecule has 1 fully saturated rings. The Bertz CT molecular complexity index is 1440. The van der Waals surface area contributed by atoms with Gasteiger partial charge in [-0.05, 0) is 49.2 Å². The fraction of sp³-hybridized carbons (Fsp3) is 0.138. The number of aryl methyl sites for hydroxylation is 2. The van der Waals surface area contributed by atoms with Crippen LogP contribution in [0.1, 0.15) is 33.9 Å². The number of Topliss-reactive ketones (excluding diaryl/α,β-unsaturated/α-hetero) is 1. The third-order valence-corrected chi connectivity index (χ3v) is 6.85. The number of ketones is 1. The fourth-order valence-corrected chi connectivity index (χ4v) is 4.93. The van der Waals surface area contributed by atoms with Crippen molar-refractivity contribution in [2.75, 3.05) is 4.90 Å². The molecular formula is C29H24N2O4S. The smallest absolute Gasteiger partial charge is 0.301 e. The van der Waals surface area contributed by atoms with Crippen LogP contribution in [0, 0.1) is 13.8 Å². The molecule has 2 heterocycles. The standard InChI is InChI=1S/C29H24N2O4S/c1-18-6-8-21(9-7-18)25-24(27(33)28(34)31(25)29-30-14-15-36-29)26(32)22-10-12-23(13-11-22)35-17-20-5-3-4-19(2)16-20/h3-16,25,32H,17H2,1-2H3/b26-24+/t25-/m0/s1. The third-order valence-electron chi connectivity index (χ3n) is 6.08. The predicted molar refractivity (Wildman–Crippen MR) is 140 cm³/mol. The van der Waals surface area contributed by atoms with E-state index in [1.165, 1.54) is 16.2 Å². The molecule has 3 aromatic carbocycles. The van der Waals surface area contributed by atoms with Crippen molar-refractivity contribution in [3.63, 3.8) is 0 Å². The van der Waals surface area contributed by atoms with Crippen molar-refractivity contribution >= 4 is 33.9 Å². The lowest BCUT2D eigenvalue weighted by atomic mass is 9.95. The highest BCUT2D eigenvalue weighted by Gasteiger charge is 2.47. The van der Waals surface area contributed by atoms with Crippen molar-refractivity contribution in [1.82, 2.24) is 4.98 Å². The largest absolute Gasteiger partial charge is 0.507 e. The van der Waals surface area contributed by atoms with Gasteiger partial charge in [-0.1, -0.05) is 59.7 Å². The number of aliphatic hydroxyl groups is 1. The van der Waals surface area contributed by atoms with E-state index in [9.17, 15) is 14.7 Å². The minimum atomic E-state index is -0.783. The Morgan fingerprint density at radius 2 is 1.75 bits per heavy atom. The highest BCUT2D eigenvalue weighted by Crippen LogP contribution is 2.42. The van der Waals surface area contributed by atoms with Crippen molar-refractivity contribution in [1.29, 1.82) is 0 Å². The number of aliphatic hydroxyl groups excluding tert-OH is 1. The Morgan fingerprint density at radius 1 is 1.00 bits per heavy atom. The van der Waals surface area contributed by atoms with Gasteiger partial charge < -0.3 is 9.84 Å². The van der Waals surface area contributed by atoms with Crippen LogP contribution in [-0.4, -0.2) is 21.8 Å². The minimum Gasteiger partial charge on any atom is -0.507 e. The normalized spacial score (nSPS) is 16.9. The molecular weight excluding hydrogens is 472 g/mol.